The van der Waals surface area contributed by atoms with Crippen molar-refractivity contribution in [2.75, 3.05) is 13.2 Å². The zero-order valence-corrected chi connectivity index (χ0v) is 12.5. The van der Waals surface area contributed by atoms with Crippen LogP contribution in [-0.4, -0.2) is 28.8 Å². The molecule has 1 aromatic carbocycles. The SMILES string of the molecule is CC#CCOCC(=O)c1cc(F)nn1[C@H](C)c1ccccc1. The molecular weight excluding hydrogens is 283 g/mol. The molecule has 2 rings (SSSR count). The third kappa shape index (κ3) is 3.80. The Morgan fingerprint density at radius 2 is 2.14 bits per heavy atom. The molecule has 1 atom stereocenters. The van der Waals surface area contributed by atoms with Crippen LogP contribution >= 0.6 is 0 Å². The normalized spacial score (nSPS) is 11.6. The number of hydrogen-bond acceptors (Lipinski definition) is 3. The van der Waals surface area contributed by atoms with Gasteiger partial charge in [-0.05, 0) is 19.4 Å². The number of Topliss-reactive ketones (excluding diaryl/α,β-unsaturated/α-hetero) is 1. The van der Waals surface area contributed by atoms with E-state index in [-0.39, 0.29) is 30.7 Å². The van der Waals surface area contributed by atoms with Crippen LogP contribution in [0.5, 0.6) is 0 Å². The quantitative estimate of drug-likeness (QED) is 0.468. The molecule has 0 spiro atoms. The number of carbonyl (C=O) groups excluding carboxylic acids is 1. The van der Waals surface area contributed by atoms with E-state index < -0.39 is 5.95 Å². The molecule has 0 unspecified atom stereocenters. The van der Waals surface area contributed by atoms with Gasteiger partial charge in [0.1, 0.15) is 18.9 Å². The molecule has 22 heavy (non-hydrogen) atoms. The van der Waals surface area contributed by atoms with E-state index in [1.54, 1.807) is 6.92 Å². The van der Waals surface area contributed by atoms with Crippen molar-refractivity contribution in [1.82, 2.24) is 9.78 Å². The summed E-state index contributed by atoms with van der Waals surface area (Å²) >= 11 is 0. The Hall–Kier alpha value is -2.45. The van der Waals surface area contributed by atoms with E-state index in [1.165, 1.54) is 4.68 Å². The monoisotopic (exact) mass is 300 g/mol. The van der Waals surface area contributed by atoms with E-state index in [0.717, 1.165) is 11.6 Å². The lowest BCUT2D eigenvalue weighted by atomic mass is 10.1. The van der Waals surface area contributed by atoms with E-state index in [0.29, 0.717) is 0 Å². The molecule has 0 bridgehead atoms. The summed E-state index contributed by atoms with van der Waals surface area (Å²) in [6, 6.07) is 10.4. The number of hydrogen-bond donors (Lipinski definition) is 0. The molecule has 1 aromatic heterocycles. The number of carbonyl (C=O) groups is 1. The van der Waals surface area contributed by atoms with Crippen molar-refractivity contribution in [3.63, 3.8) is 0 Å². The minimum Gasteiger partial charge on any atom is -0.361 e. The summed E-state index contributed by atoms with van der Waals surface area (Å²) in [7, 11) is 0. The fraction of sp³-hybridized carbons (Fsp3) is 0.294. The number of aromatic nitrogens is 2. The van der Waals surface area contributed by atoms with Crippen LogP contribution in [0, 0.1) is 17.8 Å². The summed E-state index contributed by atoms with van der Waals surface area (Å²) in [6.45, 7) is 3.58. The van der Waals surface area contributed by atoms with Crippen molar-refractivity contribution < 1.29 is 13.9 Å². The van der Waals surface area contributed by atoms with Crippen molar-refractivity contribution in [3.8, 4) is 11.8 Å². The number of ether oxygens (including phenoxy) is 1. The Bertz CT molecular complexity index is 698. The standard InChI is InChI=1S/C17H17FN2O2/c1-3-4-10-22-12-16(21)15-11-17(18)19-20(15)13(2)14-8-6-5-7-9-14/h5-9,11,13H,10,12H2,1-2H3/t13-/m1/s1. The molecule has 0 saturated heterocycles. The Labute approximate surface area is 128 Å². The Morgan fingerprint density at radius 3 is 2.82 bits per heavy atom. The van der Waals surface area contributed by atoms with Crippen LogP contribution in [0.2, 0.25) is 0 Å². The molecule has 0 radical (unpaired) electrons. The average molecular weight is 300 g/mol. The molecule has 0 aliphatic rings. The summed E-state index contributed by atoms with van der Waals surface area (Å²) in [5, 5.41) is 3.80. The van der Waals surface area contributed by atoms with Crippen LogP contribution in [0.4, 0.5) is 4.39 Å². The lowest BCUT2D eigenvalue weighted by Gasteiger charge is -2.15. The molecule has 114 valence electrons. The molecule has 0 aliphatic carbocycles. The first kappa shape index (κ1) is 15.9. The fourth-order valence-electron chi connectivity index (χ4n) is 2.08. The van der Waals surface area contributed by atoms with Gasteiger partial charge in [0, 0.05) is 6.07 Å². The van der Waals surface area contributed by atoms with Crippen molar-refractivity contribution in [1.29, 1.82) is 0 Å². The van der Waals surface area contributed by atoms with E-state index >= 15 is 0 Å². The van der Waals surface area contributed by atoms with Gasteiger partial charge in [0.05, 0.1) is 6.04 Å². The van der Waals surface area contributed by atoms with E-state index in [4.69, 9.17) is 4.74 Å². The van der Waals surface area contributed by atoms with Gasteiger partial charge >= 0.3 is 0 Å². The molecule has 1 heterocycles. The van der Waals surface area contributed by atoms with E-state index in [1.807, 2.05) is 37.3 Å². The van der Waals surface area contributed by atoms with Gasteiger partial charge in [0.25, 0.3) is 0 Å². The summed E-state index contributed by atoms with van der Waals surface area (Å²) in [4.78, 5) is 12.2. The third-order valence-electron chi connectivity index (χ3n) is 3.22. The molecule has 0 amide bonds. The summed E-state index contributed by atoms with van der Waals surface area (Å²) in [5.41, 5.74) is 1.13. The minimum absolute atomic E-state index is 0.151. The fourth-order valence-corrected chi connectivity index (χ4v) is 2.08. The first-order chi connectivity index (χ1) is 10.6. The molecule has 2 aromatic rings. The number of halogens is 1. The highest BCUT2D eigenvalue weighted by Crippen LogP contribution is 2.20. The van der Waals surface area contributed by atoms with Gasteiger partial charge in [0.2, 0.25) is 11.7 Å². The second-order valence-electron chi connectivity index (χ2n) is 4.73. The average Bonchev–Trinajstić information content (AvgIpc) is 2.93. The first-order valence-electron chi connectivity index (χ1n) is 6.94. The first-order valence-corrected chi connectivity index (χ1v) is 6.94. The highest BCUT2D eigenvalue weighted by Gasteiger charge is 2.20. The van der Waals surface area contributed by atoms with Gasteiger partial charge in [0.15, 0.2) is 0 Å². The zero-order valence-electron chi connectivity index (χ0n) is 12.5. The van der Waals surface area contributed by atoms with Gasteiger partial charge in [-0.15, -0.1) is 11.0 Å². The van der Waals surface area contributed by atoms with Gasteiger partial charge in [-0.3, -0.25) is 9.48 Å². The predicted molar refractivity (Wildman–Crippen MR) is 81.0 cm³/mol. The molecule has 0 aliphatic heterocycles. The maximum atomic E-state index is 13.5. The second kappa shape index (κ2) is 7.53. The predicted octanol–water partition coefficient (Wildman–Crippen LogP) is 2.85. The Morgan fingerprint density at radius 1 is 1.41 bits per heavy atom. The molecular formula is C17H17FN2O2. The maximum absolute atomic E-state index is 13.5. The molecule has 0 saturated carbocycles. The molecule has 0 fully saturated rings. The van der Waals surface area contributed by atoms with Crippen LogP contribution in [0.25, 0.3) is 0 Å². The summed E-state index contributed by atoms with van der Waals surface area (Å²) < 4.78 is 20.1. The lowest BCUT2D eigenvalue weighted by molar-refractivity contribution is 0.0800. The number of rotatable bonds is 6. The largest absolute Gasteiger partial charge is 0.361 e. The number of ketones is 1. The van der Waals surface area contributed by atoms with E-state index in [2.05, 4.69) is 16.9 Å². The van der Waals surface area contributed by atoms with Gasteiger partial charge < -0.3 is 4.74 Å². The summed E-state index contributed by atoms with van der Waals surface area (Å²) in [5.74, 6) is 4.37. The molecule has 4 nitrogen and oxygen atoms in total. The van der Waals surface area contributed by atoms with Crippen molar-refractivity contribution in [2.24, 2.45) is 0 Å². The maximum Gasteiger partial charge on any atom is 0.233 e. The zero-order chi connectivity index (χ0) is 15.9. The van der Waals surface area contributed by atoms with Gasteiger partial charge in [-0.2, -0.15) is 4.39 Å². The topological polar surface area (TPSA) is 44.1 Å². The minimum atomic E-state index is -0.681. The lowest BCUT2D eigenvalue weighted by Crippen LogP contribution is -2.19. The molecule has 5 heteroatoms. The molecule has 0 N–H and O–H groups in total. The highest BCUT2D eigenvalue weighted by atomic mass is 19.1. The highest BCUT2D eigenvalue weighted by molar-refractivity contribution is 5.95. The van der Waals surface area contributed by atoms with E-state index in [9.17, 15) is 9.18 Å². The smallest absolute Gasteiger partial charge is 0.233 e. The van der Waals surface area contributed by atoms with Crippen LogP contribution in [0.15, 0.2) is 36.4 Å². The van der Waals surface area contributed by atoms with Gasteiger partial charge in [-0.1, -0.05) is 36.3 Å². The number of nitrogens with zero attached hydrogens (tertiary/aromatic N) is 2. The summed E-state index contributed by atoms with van der Waals surface area (Å²) in [6.07, 6.45) is 0. The van der Waals surface area contributed by atoms with Crippen LogP contribution in [0.3, 0.4) is 0 Å². The Balaban J connectivity index is 2.18. The third-order valence-corrected chi connectivity index (χ3v) is 3.22. The van der Waals surface area contributed by atoms with Crippen LogP contribution in [0.1, 0.15) is 35.9 Å². The van der Waals surface area contributed by atoms with Crippen LogP contribution in [-0.2, 0) is 4.74 Å². The van der Waals surface area contributed by atoms with Crippen molar-refractivity contribution in [2.45, 2.75) is 19.9 Å². The second-order valence-corrected chi connectivity index (χ2v) is 4.73. The van der Waals surface area contributed by atoms with Crippen molar-refractivity contribution in [3.05, 3.63) is 53.6 Å². The number of benzene rings is 1. The van der Waals surface area contributed by atoms with Crippen LogP contribution < -0.4 is 0 Å². The Kier molecular flexibility index (Phi) is 5.45. The van der Waals surface area contributed by atoms with Crippen molar-refractivity contribution >= 4 is 5.78 Å². The van der Waals surface area contributed by atoms with Gasteiger partial charge in [-0.25, -0.2) is 0 Å².